The van der Waals surface area contributed by atoms with Crippen molar-refractivity contribution < 1.29 is 38.1 Å². The van der Waals surface area contributed by atoms with Gasteiger partial charge in [-0.15, -0.1) is 0 Å². The lowest BCUT2D eigenvalue weighted by atomic mass is 9.92. The van der Waals surface area contributed by atoms with Crippen molar-refractivity contribution in [2.45, 2.75) is 25.1 Å². The molecule has 0 radical (unpaired) electrons. The minimum Gasteiger partial charge on any atom is -0.504 e. The highest BCUT2D eigenvalue weighted by Gasteiger charge is 2.45. The van der Waals surface area contributed by atoms with Crippen LogP contribution in [-0.4, -0.2) is 38.9 Å². The highest BCUT2D eigenvalue weighted by Crippen LogP contribution is 2.27. The number of amides is 1. The van der Waals surface area contributed by atoms with Crippen molar-refractivity contribution in [2.75, 3.05) is 0 Å². The van der Waals surface area contributed by atoms with Crippen LogP contribution in [0, 0.1) is 0 Å². The van der Waals surface area contributed by atoms with Crippen molar-refractivity contribution in [1.82, 2.24) is 5.32 Å². The second-order valence-corrected chi connectivity index (χ2v) is 4.59. The number of carbonyl (C=O) groups excluding carboxylic acids is 1. The smallest absolute Gasteiger partial charge is 0.471 e. The van der Waals surface area contributed by atoms with Gasteiger partial charge in [-0.25, -0.2) is 4.79 Å². The van der Waals surface area contributed by atoms with Crippen molar-refractivity contribution in [2.24, 2.45) is 0 Å². The highest BCUT2D eigenvalue weighted by molar-refractivity contribution is 5.89. The topological polar surface area (TPSA) is 107 Å². The van der Waals surface area contributed by atoms with Crippen LogP contribution in [0.5, 0.6) is 11.5 Å². The molecule has 1 aromatic rings. The van der Waals surface area contributed by atoms with Gasteiger partial charge in [-0.2, -0.15) is 13.2 Å². The standard InChI is InChI=1S/C12H12F3NO5/c1-11(10(20)21,16-9(19)12(13,14)15)5-6-2-3-7(17)8(18)4-6/h2-4,17-18H,5H2,1H3,(H,16,19)(H,20,21)/t11-/m0/s1. The van der Waals surface area contributed by atoms with E-state index in [1.807, 2.05) is 0 Å². The van der Waals surface area contributed by atoms with Gasteiger partial charge in [0.15, 0.2) is 11.5 Å². The second-order valence-electron chi connectivity index (χ2n) is 4.59. The van der Waals surface area contributed by atoms with Crippen LogP contribution < -0.4 is 5.32 Å². The first-order valence-electron chi connectivity index (χ1n) is 5.59. The molecule has 1 amide bonds. The lowest BCUT2D eigenvalue weighted by molar-refractivity contribution is -0.177. The SMILES string of the molecule is C[C@@](Cc1ccc(O)c(O)c1)(NC(=O)C(F)(F)F)C(=O)O. The summed E-state index contributed by atoms with van der Waals surface area (Å²) in [5, 5.41) is 28.8. The van der Waals surface area contributed by atoms with Gasteiger partial charge in [0.05, 0.1) is 0 Å². The van der Waals surface area contributed by atoms with Crippen LogP contribution in [0.25, 0.3) is 0 Å². The van der Waals surface area contributed by atoms with Crippen LogP contribution in [0.3, 0.4) is 0 Å². The van der Waals surface area contributed by atoms with Gasteiger partial charge in [-0.1, -0.05) is 6.07 Å². The largest absolute Gasteiger partial charge is 0.504 e. The Morgan fingerprint density at radius 2 is 1.76 bits per heavy atom. The molecule has 0 aliphatic heterocycles. The Morgan fingerprint density at radius 3 is 2.19 bits per heavy atom. The summed E-state index contributed by atoms with van der Waals surface area (Å²) in [5.74, 6) is -5.07. The molecule has 1 aromatic carbocycles. The van der Waals surface area contributed by atoms with E-state index in [-0.39, 0.29) is 5.56 Å². The Kier molecular flexibility index (Phi) is 4.35. The van der Waals surface area contributed by atoms with Crippen molar-refractivity contribution in [3.05, 3.63) is 23.8 Å². The molecule has 1 rings (SSSR count). The van der Waals surface area contributed by atoms with Gasteiger partial charge >= 0.3 is 18.1 Å². The van der Waals surface area contributed by atoms with E-state index in [1.165, 1.54) is 11.4 Å². The molecule has 0 fully saturated rings. The third-order valence-electron chi connectivity index (χ3n) is 2.72. The lowest BCUT2D eigenvalue weighted by Crippen LogP contribution is -2.57. The molecular formula is C12H12F3NO5. The summed E-state index contributed by atoms with van der Waals surface area (Å²) in [6, 6.07) is 3.27. The maximum absolute atomic E-state index is 12.2. The molecule has 0 saturated carbocycles. The van der Waals surface area contributed by atoms with Gasteiger partial charge in [0.2, 0.25) is 0 Å². The van der Waals surface area contributed by atoms with Gasteiger partial charge in [-0.3, -0.25) is 4.79 Å². The summed E-state index contributed by atoms with van der Waals surface area (Å²) in [4.78, 5) is 22.1. The molecule has 0 aromatic heterocycles. The predicted octanol–water partition coefficient (Wildman–Crippen LogP) is 1.16. The number of rotatable bonds is 4. The Balaban J connectivity index is 3.03. The zero-order valence-corrected chi connectivity index (χ0v) is 10.7. The molecule has 0 heterocycles. The van der Waals surface area contributed by atoms with Gasteiger partial charge in [-0.05, 0) is 24.6 Å². The van der Waals surface area contributed by atoms with Crippen LogP contribution in [0.4, 0.5) is 13.2 Å². The number of hydrogen-bond acceptors (Lipinski definition) is 4. The molecule has 0 bridgehead atoms. The third kappa shape index (κ3) is 4.01. The summed E-state index contributed by atoms with van der Waals surface area (Å²) < 4.78 is 36.7. The average molecular weight is 307 g/mol. The monoisotopic (exact) mass is 307 g/mol. The van der Waals surface area contributed by atoms with Gasteiger partial charge in [0.25, 0.3) is 0 Å². The molecule has 0 aliphatic rings. The summed E-state index contributed by atoms with van der Waals surface area (Å²) in [6.07, 6.45) is -5.73. The Labute approximate surface area is 116 Å². The van der Waals surface area contributed by atoms with E-state index in [0.717, 1.165) is 19.1 Å². The van der Waals surface area contributed by atoms with Crippen molar-refractivity contribution in [3.8, 4) is 11.5 Å². The number of benzene rings is 1. The van der Waals surface area contributed by atoms with Crippen molar-refractivity contribution >= 4 is 11.9 Å². The lowest BCUT2D eigenvalue weighted by Gasteiger charge is -2.27. The second kappa shape index (κ2) is 5.51. The first-order chi connectivity index (χ1) is 9.45. The molecule has 21 heavy (non-hydrogen) atoms. The van der Waals surface area contributed by atoms with E-state index < -0.39 is 41.5 Å². The number of aromatic hydroxyl groups is 2. The number of hydrogen-bond donors (Lipinski definition) is 4. The zero-order chi connectivity index (χ0) is 16.4. The molecule has 0 aliphatic carbocycles. The average Bonchev–Trinajstić information content (AvgIpc) is 2.32. The Morgan fingerprint density at radius 1 is 1.19 bits per heavy atom. The maximum atomic E-state index is 12.2. The van der Waals surface area contributed by atoms with E-state index in [9.17, 15) is 27.9 Å². The summed E-state index contributed by atoms with van der Waals surface area (Å²) >= 11 is 0. The molecule has 0 unspecified atom stereocenters. The summed E-state index contributed by atoms with van der Waals surface area (Å²) in [6.45, 7) is 0.906. The van der Waals surface area contributed by atoms with Crippen LogP contribution in [0.15, 0.2) is 18.2 Å². The maximum Gasteiger partial charge on any atom is 0.471 e. The van der Waals surface area contributed by atoms with Gasteiger partial charge < -0.3 is 20.6 Å². The number of nitrogens with one attached hydrogen (secondary N) is 1. The minimum atomic E-state index is -5.21. The van der Waals surface area contributed by atoms with Crippen LogP contribution in [-0.2, 0) is 16.0 Å². The molecular weight excluding hydrogens is 295 g/mol. The van der Waals surface area contributed by atoms with Crippen LogP contribution >= 0.6 is 0 Å². The normalized spacial score (nSPS) is 14.3. The molecule has 9 heteroatoms. The molecule has 4 N–H and O–H groups in total. The molecule has 6 nitrogen and oxygen atoms in total. The van der Waals surface area contributed by atoms with Crippen LogP contribution in [0.2, 0.25) is 0 Å². The van der Waals surface area contributed by atoms with Crippen LogP contribution in [0.1, 0.15) is 12.5 Å². The number of alkyl halides is 3. The van der Waals surface area contributed by atoms with E-state index in [4.69, 9.17) is 10.2 Å². The molecule has 0 saturated heterocycles. The highest BCUT2D eigenvalue weighted by atomic mass is 19.4. The quantitative estimate of drug-likeness (QED) is 0.625. The number of aliphatic carboxylic acids is 1. The van der Waals surface area contributed by atoms with E-state index in [2.05, 4.69) is 0 Å². The van der Waals surface area contributed by atoms with E-state index in [1.54, 1.807) is 0 Å². The van der Waals surface area contributed by atoms with E-state index >= 15 is 0 Å². The molecule has 0 spiro atoms. The van der Waals surface area contributed by atoms with Gasteiger partial charge in [0.1, 0.15) is 5.54 Å². The first kappa shape index (κ1) is 16.6. The number of carboxylic acids is 1. The van der Waals surface area contributed by atoms with Crippen molar-refractivity contribution in [1.29, 1.82) is 0 Å². The fraction of sp³-hybridized carbons (Fsp3) is 0.333. The number of phenols is 2. The van der Waals surface area contributed by atoms with Gasteiger partial charge in [0, 0.05) is 6.42 Å². The number of halogens is 3. The fourth-order valence-corrected chi connectivity index (χ4v) is 1.58. The number of carbonyl (C=O) groups is 2. The van der Waals surface area contributed by atoms with Crippen molar-refractivity contribution in [3.63, 3.8) is 0 Å². The third-order valence-corrected chi connectivity index (χ3v) is 2.72. The minimum absolute atomic E-state index is 0.123. The molecule has 116 valence electrons. The Bertz CT molecular complexity index is 573. The molecule has 1 atom stereocenters. The number of phenolic OH excluding ortho intramolecular Hbond substituents is 2. The van der Waals surface area contributed by atoms with E-state index in [0.29, 0.717) is 0 Å². The summed E-state index contributed by atoms with van der Waals surface area (Å²) in [7, 11) is 0. The number of carboxylic acid groups (broad SMARTS) is 1. The summed E-state index contributed by atoms with van der Waals surface area (Å²) in [5.41, 5.74) is -2.10. The zero-order valence-electron chi connectivity index (χ0n) is 10.7. The first-order valence-corrected chi connectivity index (χ1v) is 5.59. The predicted molar refractivity (Wildman–Crippen MR) is 63.7 cm³/mol. The Hall–Kier alpha value is -2.45. The fourth-order valence-electron chi connectivity index (χ4n) is 1.58.